The molecule has 0 bridgehead atoms. The van der Waals surface area contributed by atoms with Gasteiger partial charge in [-0.2, -0.15) is 0 Å². The number of hydrogen-bond acceptors (Lipinski definition) is 17. The van der Waals surface area contributed by atoms with E-state index in [9.17, 15) is 56.2 Å². The van der Waals surface area contributed by atoms with Crippen LogP contribution in [-0.2, 0) is 28.4 Å². The van der Waals surface area contributed by atoms with Crippen LogP contribution in [0.25, 0.3) is 0 Å². The van der Waals surface area contributed by atoms with Crippen molar-refractivity contribution in [3.63, 3.8) is 0 Å². The maximum Gasteiger partial charge on any atom is 0.187 e. The molecule has 0 spiro atoms. The molecule has 4 aliphatic carbocycles. The zero-order valence-electron chi connectivity index (χ0n) is 39.0. The Balaban J connectivity index is 1.16. The second-order valence-electron chi connectivity index (χ2n) is 22.4. The minimum atomic E-state index is -1.69. The molecule has 17 heteroatoms. The number of ether oxygens (including phenoxy) is 6. The van der Waals surface area contributed by atoms with Gasteiger partial charge < -0.3 is 84.6 Å². The molecule has 7 rings (SSSR count). The molecule has 3 aliphatic heterocycles. The maximum absolute atomic E-state index is 12.7. The SMILES string of the molecule is CC(C)=CCCC(C)(OC1OC(CO)C(O)C(O)C1OC1OCC(O)C(O)C1O)C1CCC2(C)C1C(O)CC1C3(C)CCC(OC4OC(CO)C(O)C(O)C4O)C(C)(C)C3CCC12C. The van der Waals surface area contributed by atoms with E-state index in [1.807, 2.05) is 20.8 Å². The maximum atomic E-state index is 12.7. The third-order valence-corrected chi connectivity index (χ3v) is 18.4. The largest absolute Gasteiger partial charge is 0.394 e. The Morgan fingerprint density at radius 3 is 1.91 bits per heavy atom. The highest BCUT2D eigenvalue weighted by Gasteiger charge is 2.72. The molecule has 0 amide bonds. The summed E-state index contributed by atoms with van der Waals surface area (Å²) in [6.45, 7) is 16.0. The highest BCUT2D eigenvalue weighted by atomic mass is 16.8. The summed E-state index contributed by atoms with van der Waals surface area (Å²) in [4.78, 5) is 0. The molecule has 3 saturated heterocycles. The van der Waals surface area contributed by atoms with Gasteiger partial charge in [-0.15, -0.1) is 0 Å². The molecule has 0 aromatic heterocycles. The highest BCUT2D eigenvalue weighted by molar-refractivity contribution is 5.20. The second-order valence-corrected chi connectivity index (χ2v) is 22.4. The lowest BCUT2D eigenvalue weighted by molar-refractivity contribution is -0.374. The third kappa shape index (κ3) is 8.49. The molecular formula is C47H80O17. The van der Waals surface area contributed by atoms with Crippen LogP contribution in [0.15, 0.2) is 11.6 Å². The fourth-order valence-electron chi connectivity index (χ4n) is 14.6. The summed E-state index contributed by atoms with van der Waals surface area (Å²) in [6.07, 6.45) is -12.8. The zero-order chi connectivity index (χ0) is 47.1. The predicted molar refractivity (Wildman–Crippen MR) is 228 cm³/mol. The standard InChI is InChI=1S/C47H80O17/c1-22(2)10-9-14-47(8,64-42-39(36(56)34(54)27(20-49)61-42)63-40-37(57)32(52)25(51)21-59-40)23-11-16-46(7)31(23)24(50)18-29-44(5)15-13-30(43(3,4)28(44)12-17-45(29,46)6)62-41-38(58)35(55)33(53)26(19-48)60-41/h10,23-42,48-58H,9,11-21H2,1-8H3. The van der Waals surface area contributed by atoms with Crippen molar-refractivity contribution in [2.75, 3.05) is 19.8 Å². The minimum Gasteiger partial charge on any atom is -0.394 e. The molecule has 0 aromatic rings. The van der Waals surface area contributed by atoms with Crippen molar-refractivity contribution in [3.05, 3.63) is 11.6 Å². The van der Waals surface area contributed by atoms with E-state index >= 15 is 0 Å². The molecule has 11 N–H and O–H groups in total. The first-order valence-electron chi connectivity index (χ1n) is 23.8. The number of aliphatic hydroxyl groups is 11. The van der Waals surface area contributed by atoms with Crippen LogP contribution in [0.2, 0.25) is 0 Å². The lowest BCUT2D eigenvalue weighted by Crippen LogP contribution is -2.67. The minimum absolute atomic E-state index is 0.135. The summed E-state index contributed by atoms with van der Waals surface area (Å²) >= 11 is 0. The van der Waals surface area contributed by atoms with Gasteiger partial charge in [0.2, 0.25) is 0 Å². The summed E-state index contributed by atoms with van der Waals surface area (Å²) in [7, 11) is 0. The van der Waals surface area contributed by atoms with Crippen LogP contribution in [0.1, 0.15) is 113 Å². The van der Waals surface area contributed by atoms with Crippen LogP contribution in [0.3, 0.4) is 0 Å². The van der Waals surface area contributed by atoms with E-state index in [0.717, 1.165) is 31.3 Å². The van der Waals surface area contributed by atoms with E-state index < -0.39 is 116 Å². The van der Waals surface area contributed by atoms with Gasteiger partial charge in [-0.3, -0.25) is 0 Å². The molecule has 3 heterocycles. The van der Waals surface area contributed by atoms with Gasteiger partial charge in [0, 0.05) is 0 Å². The van der Waals surface area contributed by atoms with E-state index in [4.69, 9.17) is 28.4 Å². The Hall–Kier alpha value is -0.940. The first-order valence-corrected chi connectivity index (χ1v) is 23.8. The molecule has 0 radical (unpaired) electrons. The number of fused-ring (bicyclic) bond motifs is 5. The summed E-state index contributed by atoms with van der Waals surface area (Å²) in [5.74, 6) is -0.121. The van der Waals surface area contributed by atoms with Crippen molar-refractivity contribution < 1.29 is 84.6 Å². The molecule has 17 nitrogen and oxygen atoms in total. The summed E-state index contributed by atoms with van der Waals surface area (Å²) < 4.78 is 37.2. The average Bonchev–Trinajstić information content (AvgIpc) is 3.62. The van der Waals surface area contributed by atoms with Crippen LogP contribution in [0.5, 0.6) is 0 Å². The Kier molecular flexibility index (Phi) is 14.9. The number of allylic oxidation sites excluding steroid dienone is 2. The van der Waals surface area contributed by atoms with Crippen molar-refractivity contribution in [2.24, 2.45) is 45.3 Å². The Labute approximate surface area is 377 Å². The quantitative estimate of drug-likeness (QED) is 0.0946. The molecule has 24 atom stereocenters. The van der Waals surface area contributed by atoms with Crippen molar-refractivity contribution >= 4 is 0 Å². The summed E-state index contributed by atoms with van der Waals surface area (Å²) in [6, 6.07) is 0. The average molecular weight is 917 g/mol. The fraction of sp³-hybridized carbons (Fsp3) is 0.957. The summed E-state index contributed by atoms with van der Waals surface area (Å²) in [5, 5.41) is 118. The lowest BCUT2D eigenvalue weighted by atomic mass is 9.35. The molecule has 7 aliphatic rings. The van der Waals surface area contributed by atoms with Crippen molar-refractivity contribution in [1.82, 2.24) is 0 Å². The number of rotatable bonds is 12. The van der Waals surface area contributed by atoms with Crippen LogP contribution < -0.4 is 0 Å². The van der Waals surface area contributed by atoms with Gasteiger partial charge in [0.25, 0.3) is 0 Å². The Bertz CT molecular complexity index is 1630. The molecular weight excluding hydrogens is 836 g/mol. The molecule has 4 saturated carbocycles. The van der Waals surface area contributed by atoms with Crippen LogP contribution in [-0.4, -0.2) is 180 Å². The van der Waals surface area contributed by atoms with E-state index in [2.05, 4.69) is 40.7 Å². The molecule has 7 fully saturated rings. The number of hydrogen-bond donors (Lipinski definition) is 11. The first kappa shape index (κ1) is 50.9. The Morgan fingerprint density at radius 1 is 0.656 bits per heavy atom. The zero-order valence-corrected chi connectivity index (χ0v) is 39.0. The van der Waals surface area contributed by atoms with Gasteiger partial charge in [0.1, 0.15) is 67.1 Å². The molecule has 370 valence electrons. The monoisotopic (exact) mass is 917 g/mol. The topological polar surface area (TPSA) is 278 Å². The van der Waals surface area contributed by atoms with Gasteiger partial charge >= 0.3 is 0 Å². The number of aliphatic hydroxyl groups excluding tert-OH is 11. The van der Waals surface area contributed by atoms with Gasteiger partial charge in [-0.1, -0.05) is 46.3 Å². The van der Waals surface area contributed by atoms with Gasteiger partial charge in [0.15, 0.2) is 18.9 Å². The van der Waals surface area contributed by atoms with Crippen molar-refractivity contribution in [3.8, 4) is 0 Å². The van der Waals surface area contributed by atoms with Crippen molar-refractivity contribution in [1.29, 1.82) is 0 Å². The predicted octanol–water partition coefficient (Wildman–Crippen LogP) is 0.612. The second kappa shape index (κ2) is 18.8. The van der Waals surface area contributed by atoms with E-state index in [0.29, 0.717) is 32.1 Å². The van der Waals surface area contributed by atoms with E-state index in [-0.39, 0.29) is 52.6 Å². The lowest BCUT2D eigenvalue weighted by Gasteiger charge is -2.71. The highest BCUT2D eigenvalue weighted by Crippen LogP contribution is 2.76. The van der Waals surface area contributed by atoms with Gasteiger partial charge in [-0.05, 0) is 124 Å². The van der Waals surface area contributed by atoms with Crippen molar-refractivity contribution in [2.45, 2.75) is 217 Å². The van der Waals surface area contributed by atoms with Gasteiger partial charge in [0.05, 0.1) is 37.6 Å². The van der Waals surface area contributed by atoms with Crippen LogP contribution in [0, 0.1) is 45.3 Å². The molecule has 0 aromatic carbocycles. The first-order chi connectivity index (χ1) is 29.9. The van der Waals surface area contributed by atoms with E-state index in [1.165, 1.54) is 0 Å². The fourth-order valence-corrected chi connectivity index (χ4v) is 14.6. The van der Waals surface area contributed by atoms with E-state index in [1.54, 1.807) is 0 Å². The molecule has 24 unspecified atom stereocenters. The Morgan fingerprint density at radius 2 is 1.27 bits per heavy atom. The smallest absolute Gasteiger partial charge is 0.187 e. The van der Waals surface area contributed by atoms with Crippen LogP contribution in [0.4, 0.5) is 0 Å². The normalized spacial score (nSPS) is 52.5. The molecule has 64 heavy (non-hydrogen) atoms. The summed E-state index contributed by atoms with van der Waals surface area (Å²) in [5.41, 5.74) is -1.05. The third-order valence-electron chi connectivity index (χ3n) is 18.4. The van der Waals surface area contributed by atoms with Crippen LogP contribution >= 0.6 is 0 Å². The van der Waals surface area contributed by atoms with Gasteiger partial charge in [-0.25, -0.2) is 0 Å².